The Balaban J connectivity index is 2.02. The SMILES string of the molecule is Cc1[nH]c2ccc(F)cc2c1CCNC(=O)OC(C)(C)C. The second-order valence-electron chi connectivity index (χ2n) is 6.10. The summed E-state index contributed by atoms with van der Waals surface area (Å²) < 4.78 is 18.5. The van der Waals surface area contributed by atoms with E-state index in [-0.39, 0.29) is 5.82 Å². The zero-order valence-electron chi connectivity index (χ0n) is 12.8. The number of nitrogens with one attached hydrogen (secondary N) is 2. The first-order valence-corrected chi connectivity index (χ1v) is 7.00. The molecule has 0 atom stereocenters. The van der Waals surface area contributed by atoms with E-state index in [4.69, 9.17) is 4.74 Å². The van der Waals surface area contributed by atoms with Crippen molar-refractivity contribution in [2.24, 2.45) is 0 Å². The fraction of sp³-hybridized carbons (Fsp3) is 0.438. The maximum absolute atomic E-state index is 13.4. The first-order valence-electron chi connectivity index (χ1n) is 7.00. The van der Waals surface area contributed by atoms with E-state index < -0.39 is 11.7 Å². The molecule has 2 N–H and O–H groups in total. The van der Waals surface area contributed by atoms with E-state index in [0.29, 0.717) is 13.0 Å². The molecule has 0 aliphatic carbocycles. The number of hydrogen-bond acceptors (Lipinski definition) is 2. The Morgan fingerprint density at radius 3 is 2.76 bits per heavy atom. The van der Waals surface area contributed by atoms with E-state index >= 15 is 0 Å². The second kappa shape index (κ2) is 5.76. The van der Waals surface area contributed by atoms with E-state index in [2.05, 4.69) is 10.3 Å². The number of ether oxygens (including phenoxy) is 1. The molecular weight excluding hydrogens is 271 g/mol. The van der Waals surface area contributed by atoms with Crippen LogP contribution in [0.3, 0.4) is 0 Å². The van der Waals surface area contributed by atoms with Crippen LogP contribution in [0.25, 0.3) is 10.9 Å². The topological polar surface area (TPSA) is 54.1 Å². The van der Waals surface area contributed by atoms with Gasteiger partial charge in [-0.2, -0.15) is 0 Å². The molecule has 1 aromatic heterocycles. The highest BCUT2D eigenvalue weighted by atomic mass is 19.1. The third-order valence-electron chi connectivity index (χ3n) is 3.12. The maximum atomic E-state index is 13.4. The Morgan fingerprint density at radius 1 is 1.38 bits per heavy atom. The molecule has 1 aromatic carbocycles. The number of aryl methyl sites for hydroxylation is 1. The number of rotatable bonds is 3. The largest absolute Gasteiger partial charge is 0.444 e. The van der Waals surface area contributed by atoms with Crippen LogP contribution in [0.1, 0.15) is 32.0 Å². The average Bonchev–Trinajstić information content (AvgIpc) is 2.63. The molecule has 0 aliphatic heterocycles. The summed E-state index contributed by atoms with van der Waals surface area (Å²) in [7, 11) is 0. The van der Waals surface area contributed by atoms with Crippen molar-refractivity contribution in [3.8, 4) is 0 Å². The highest BCUT2D eigenvalue weighted by Gasteiger charge is 2.16. The van der Waals surface area contributed by atoms with Crippen LogP contribution in [0, 0.1) is 12.7 Å². The molecule has 1 heterocycles. The van der Waals surface area contributed by atoms with Gasteiger partial charge in [0.15, 0.2) is 0 Å². The van der Waals surface area contributed by atoms with Gasteiger partial charge >= 0.3 is 6.09 Å². The Kier molecular flexibility index (Phi) is 4.21. The molecule has 2 rings (SSSR count). The summed E-state index contributed by atoms with van der Waals surface area (Å²) in [5.74, 6) is -0.261. The van der Waals surface area contributed by atoms with Crippen molar-refractivity contribution < 1.29 is 13.9 Å². The van der Waals surface area contributed by atoms with Crippen LogP contribution in [0.2, 0.25) is 0 Å². The summed E-state index contributed by atoms with van der Waals surface area (Å²) in [5.41, 5.74) is 2.40. The van der Waals surface area contributed by atoms with Gasteiger partial charge < -0.3 is 15.0 Å². The van der Waals surface area contributed by atoms with Gasteiger partial charge in [0.1, 0.15) is 11.4 Å². The third-order valence-corrected chi connectivity index (χ3v) is 3.12. The number of benzene rings is 1. The number of carbonyl (C=O) groups is 1. The summed E-state index contributed by atoms with van der Waals surface area (Å²) in [4.78, 5) is 14.8. The van der Waals surface area contributed by atoms with E-state index in [1.165, 1.54) is 12.1 Å². The number of aromatic nitrogens is 1. The van der Waals surface area contributed by atoms with Gasteiger partial charge in [0.2, 0.25) is 0 Å². The normalized spacial score (nSPS) is 11.7. The molecule has 0 saturated carbocycles. The molecule has 4 nitrogen and oxygen atoms in total. The zero-order chi connectivity index (χ0) is 15.6. The van der Waals surface area contributed by atoms with Gasteiger partial charge in [-0.1, -0.05) is 0 Å². The van der Waals surface area contributed by atoms with Crippen LogP contribution in [-0.4, -0.2) is 23.2 Å². The highest BCUT2D eigenvalue weighted by Crippen LogP contribution is 2.23. The lowest BCUT2D eigenvalue weighted by molar-refractivity contribution is 0.0528. The van der Waals surface area contributed by atoms with Gasteiger partial charge in [0.25, 0.3) is 0 Å². The predicted octanol–water partition coefficient (Wildman–Crippen LogP) is 3.68. The molecule has 114 valence electrons. The molecule has 0 bridgehead atoms. The Morgan fingerprint density at radius 2 is 2.10 bits per heavy atom. The van der Waals surface area contributed by atoms with Crippen molar-refractivity contribution in [1.29, 1.82) is 0 Å². The number of carbonyl (C=O) groups excluding carboxylic acids is 1. The monoisotopic (exact) mass is 292 g/mol. The molecule has 0 fully saturated rings. The van der Waals surface area contributed by atoms with Gasteiger partial charge in [-0.25, -0.2) is 9.18 Å². The summed E-state index contributed by atoms with van der Waals surface area (Å²) in [6, 6.07) is 4.67. The molecule has 0 aliphatic rings. The number of alkyl carbamates (subject to hydrolysis) is 1. The number of fused-ring (bicyclic) bond motifs is 1. The Hall–Kier alpha value is -2.04. The molecular formula is C16H21FN2O2. The number of aromatic amines is 1. The molecule has 0 saturated heterocycles. The lowest BCUT2D eigenvalue weighted by atomic mass is 10.1. The van der Waals surface area contributed by atoms with Crippen LogP contribution in [0.5, 0.6) is 0 Å². The molecule has 0 radical (unpaired) electrons. The molecule has 21 heavy (non-hydrogen) atoms. The summed E-state index contributed by atoms with van der Waals surface area (Å²) in [6.07, 6.45) is 0.181. The summed E-state index contributed by atoms with van der Waals surface area (Å²) in [6.45, 7) is 7.84. The third kappa shape index (κ3) is 3.97. The minimum atomic E-state index is -0.510. The smallest absolute Gasteiger partial charge is 0.407 e. The Labute approximate surface area is 123 Å². The lowest BCUT2D eigenvalue weighted by Crippen LogP contribution is -2.33. The molecule has 0 unspecified atom stereocenters. The predicted molar refractivity (Wildman–Crippen MR) is 80.9 cm³/mol. The second-order valence-corrected chi connectivity index (χ2v) is 6.10. The van der Waals surface area contributed by atoms with Crippen LogP contribution < -0.4 is 5.32 Å². The maximum Gasteiger partial charge on any atom is 0.407 e. The van der Waals surface area contributed by atoms with E-state index in [1.54, 1.807) is 6.07 Å². The van der Waals surface area contributed by atoms with Crippen molar-refractivity contribution in [1.82, 2.24) is 10.3 Å². The van der Waals surface area contributed by atoms with Crippen molar-refractivity contribution in [2.45, 2.75) is 39.7 Å². The van der Waals surface area contributed by atoms with Gasteiger partial charge in [-0.3, -0.25) is 0 Å². The quantitative estimate of drug-likeness (QED) is 0.906. The number of halogens is 1. The van der Waals surface area contributed by atoms with Crippen LogP contribution in [0.4, 0.5) is 9.18 Å². The number of hydrogen-bond donors (Lipinski definition) is 2. The standard InChI is InChI=1S/C16H21FN2O2/c1-10-12(7-8-18-15(20)21-16(2,3)4)13-9-11(17)5-6-14(13)19-10/h5-6,9,19H,7-8H2,1-4H3,(H,18,20). The minimum absolute atomic E-state index is 0.261. The van der Waals surface area contributed by atoms with Gasteiger partial charge in [-0.05, 0) is 57.9 Å². The molecule has 5 heteroatoms. The number of amides is 1. The van der Waals surface area contributed by atoms with E-state index in [0.717, 1.165) is 22.2 Å². The lowest BCUT2D eigenvalue weighted by Gasteiger charge is -2.19. The molecule has 0 spiro atoms. The van der Waals surface area contributed by atoms with Gasteiger partial charge in [0.05, 0.1) is 0 Å². The fourth-order valence-electron chi connectivity index (χ4n) is 2.28. The van der Waals surface area contributed by atoms with E-state index in [1.807, 2.05) is 27.7 Å². The zero-order valence-corrected chi connectivity index (χ0v) is 12.8. The van der Waals surface area contributed by atoms with Crippen molar-refractivity contribution in [3.05, 3.63) is 35.3 Å². The average molecular weight is 292 g/mol. The minimum Gasteiger partial charge on any atom is -0.444 e. The molecule has 2 aromatic rings. The Bertz CT molecular complexity index is 656. The summed E-state index contributed by atoms with van der Waals surface area (Å²) >= 11 is 0. The fourth-order valence-corrected chi connectivity index (χ4v) is 2.28. The van der Waals surface area contributed by atoms with Crippen molar-refractivity contribution in [3.63, 3.8) is 0 Å². The van der Waals surface area contributed by atoms with Crippen LogP contribution >= 0.6 is 0 Å². The van der Waals surface area contributed by atoms with E-state index in [9.17, 15) is 9.18 Å². The highest BCUT2D eigenvalue weighted by molar-refractivity contribution is 5.84. The van der Waals surface area contributed by atoms with Crippen molar-refractivity contribution in [2.75, 3.05) is 6.54 Å². The van der Waals surface area contributed by atoms with Gasteiger partial charge in [0, 0.05) is 23.1 Å². The van der Waals surface area contributed by atoms with Crippen LogP contribution in [0.15, 0.2) is 18.2 Å². The first kappa shape index (κ1) is 15.4. The summed E-state index contributed by atoms with van der Waals surface area (Å²) in [5, 5.41) is 3.57. The molecule has 1 amide bonds. The van der Waals surface area contributed by atoms with Gasteiger partial charge in [-0.15, -0.1) is 0 Å². The number of H-pyrrole nitrogens is 1. The van der Waals surface area contributed by atoms with Crippen LogP contribution in [-0.2, 0) is 11.2 Å². The first-order chi connectivity index (χ1) is 9.76. The van der Waals surface area contributed by atoms with Crippen molar-refractivity contribution >= 4 is 17.0 Å².